The van der Waals surface area contributed by atoms with Crippen molar-refractivity contribution in [1.29, 1.82) is 0 Å². The number of nitrogens with zero attached hydrogens (tertiary/aromatic N) is 4. The number of aliphatic hydroxyl groups is 1. The fourth-order valence-electron chi connectivity index (χ4n) is 2.95. The van der Waals surface area contributed by atoms with Gasteiger partial charge in [0, 0.05) is 24.8 Å². The number of pyridine rings is 1. The van der Waals surface area contributed by atoms with Gasteiger partial charge in [0.15, 0.2) is 5.82 Å². The molecule has 0 spiro atoms. The van der Waals surface area contributed by atoms with Gasteiger partial charge in [0.05, 0.1) is 18.2 Å². The Balaban J connectivity index is 1.67. The van der Waals surface area contributed by atoms with Gasteiger partial charge in [-0.2, -0.15) is 4.98 Å². The number of halogens is 1. The number of likely N-dealkylation sites (tertiary alicyclic amines) is 1. The van der Waals surface area contributed by atoms with Crippen molar-refractivity contribution in [3.05, 3.63) is 41.6 Å². The van der Waals surface area contributed by atoms with Crippen LogP contribution in [0.15, 0.2) is 23.0 Å². The standard InChI is InChI=1S/C15H19FN4O2/c1-11-18-14(22-19-11)7-15(21)4-2-6-20(10-15)9-12-3-5-17-8-13(12)16/h3,5,8,21H,2,4,6-7,9-10H2,1H3. The summed E-state index contributed by atoms with van der Waals surface area (Å²) in [7, 11) is 0. The van der Waals surface area contributed by atoms with Crippen LogP contribution < -0.4 is 0 Å². The van der Waals surface area contributed by atoms with Crippen molar-refractivity contribution >= 4 is 0 Å². The fraction of sp³-hybridized carbons (Fsp3) is 0.533. The minimum atomic E-state index is -0.916. The van der Waals surface area contributed by atoms with E-state index in [1.807, 2.05) is 4.90 Å². The van der Waals surface area contributed by atoms with Crippen molar-refractivity contribution in [1.82, 2.24) is 20.0 Å². The molecule has 0 saturated carbocycles. The molecule has 1 fully saturated rings. The number of hydrogen-bond acceptors (Lipinski definition) is 6. The van der Waals surface area contributed by atoms with Gasteiger partial charge in [0.1, 0.15) is 5.82 Å². The van der Waals surface area contributed by atoms with E-state index >= 15 is 0 Å². The first-order valence-corrected chi connectivity index (χ1v) is 7.36. The number of piperidine rings is 1. The maximum atomic E-state index is 13.7. The van der Waals surface area contributed by atoms with E-state index in [9.17, 15) is 9.50 Å². The van der Waals surface area contributed by atoms with Gasteiger partial charge >= 0.3 is 0 Å². The molecule has 6 nitrogen and oxygen atoms in total. The van der Waals surface area contributed by atoms with Gasteiger partial charge in [0.2, 0.25) is 5.89 Å². The highest BCUT2D eigenvalue weighted by molar-refractivity contribution is 5.12. The van der Waals surface area contributed by atoms with Crippen LogP contribution in [-0.2, 0) is 13.0 Å². The zero-order valence-corrected chi connectivity index (χ0v) is 12.5. The van der Waals surface area contributed by atoms with Gasteiger partial charge in [-0.25, -0.2) is 4.39 Å². The molecule has 0 aromatic carbocycles. The molecule has 22 heavy (non-hydrogen) atoms. The fourth-order valence-corrected chi connectivity index (χ4v) is 2.95. The minimum absolute atomic E-state index is 0.316. The minimum Gasteiger partial charge on any atom is -0.388 e. The molecule has 118 valence electrons. The summed E-state index contributed by atoms with van der Waals surface area (Å²) in [5, 5.41) is 14.5. The van der Waals surface area contributed by atoms with Gasteiger partial charge in [0.25, 0.3) is 0 Å². The third-order valence-electron chi connectivity index (χ3n) is 3.93. The summed E-state index contributed by atoms with van der Waals surface area (Å²) in [6.45, 7) is 3.49. The van der Waals surface area contributed by atoms with Gasteiger partial charge in [-0.15, -0.1) is 0 Å². The van der Waals surface area contributed by atoms with E-state index in [4.69, 9.17) is 4.52 Å². The van der Waals surface area contributed by atoms with Crippen LogP contribution in [0.3, 0.4) is 0 Å². The third-order valence-corrected chi connectivity index (χ3v) is 3.93. The average molecular weight is 306 g/mol. The molecule has 7 heteroatoms. The molecule has 2 aromatic heterocycles. The lowest BCUT2D eigenvalue weighted by molar-refractivity contribution is -0.0376. The number of aryl methyl sites for hydroxylation is 1. The molecule has 0 aliphatic carbocycles. The summed E-state index contributed by atoms with van der Waals surface area (Å²) in [5.41, 5.74) is -0.325. The molecule has 3 heterocycles. The number of aromatic nitrogens is 3. The zero-order chi connectivity index (χ0) is 15.6. The lowest BCUT2D eigenvalue weighted by atomic mass is 9.89. The first-order valence-electron chi connectivity index (χ1n) is 7.36. The van der Waals surface area contributed by atoms with E-state index < -0.39 is 5.60 Å². The second-order valence-corrected chi connectivity index (χ2v) is 5.92. The Morgan fingerprint density at radius 1 is 1.50 bits per heavy atom. The Morgan fingerprint density at radius 2 is 2.36 bits per heavy atom. The van der Waals surface area contributed by atoms with E-state index in [2.05, 4.69) is 15.1 Å². The Labute approximate surface area is 128 Å². The second kappa shape index (κ2) is 6.10. The molecular weight excluding hydrogens is 287 g/mol. The van der Waals surface area contributed by atoms with Crippen molar-refractivity contribution in [2.75, 3.05) is 13.1 Å². The van der Waals surface area contributed by atoms with Crippen LogP contribution in [0.4, 0.5) is 4.39 Å². The Morgan fingerprint density at radius 3 is 3.09 bits per heavy atom. The molecule has 1 saturated heterocycles. The van der Waals surface area contributed by atoms with Gasteiger partial charge in [-0.05, 0) is 32.4 Å². The van der Waals surface area contributed by atoms with Gasteiger partial charge < -0.3 is 9.63 Å². The quantitative estimate of drug-likeness (QED) is 0.922. The summed E-state index contributed by atoms with van der Waals surface area (Å²) in [4.78, 5) is 9.95. The predicted molar refractivity (Wildman–Crippen MR) is 76.4 cm³/mol. The third kappa shape index (κ3) is 3.48. The van der Waals surface area contributed by atoms with Crippen LogP contribution in [0.2, 0.25) is 0 Å². The predicted octanol–water partition coefficient (Wildman–Crippen LogP) is 1.48. The van der Waals surface area contributed by atoms with Gasteiger partial charge in [-0.1, -0.05) is 5.16 Å². The largest absolute Gasteiger partial charge is 0.388 e. The summed E-state index contributed by atoms with van der Waals surface area (Å²) >= 11 is 0. The van der Waals surface area contributed by atoms with Crippen LogP contribution in [0, 0.1) is 12.7 Å². The van der Waals surface area contributed by atoms with E-state index in [1.165, 1.54) is 6.20 Å². The molecule has 3 rings (SSSR count). The molecule has 1 aliphatic rings. The maximum Gasteiger partial charge on any atom is 0.229 e. The summed E-state index contributed by atoms with van der Waals surface area (Å²) in [6, 6.07) is 1.67. The molecule has 2 aromatic rings. The number of hydrogen-bond donors (Lipinski definition) is 1. The van der Waals surface area contributed by atoms with E-state index in [-0.39, 0.29) is 5.82 Å². The van der Waals surface area contributed by atoms with Crippen LogP contribution in [0.1, 0.15) is 30.1 Å². The lowest BCUT2D eigenvalue weighted by Crippen LogP contribution is -2.49. The first-order chi connectivity index (χ1) is 10.5. The summed E-state index contributed by atoms with van der Waals surface area (Å²) < 4.78 is 18.8. The Bertz CT molecular complexity index is 648. The van der Waals surface area contributed by atoms with Crippen molar-refractivity contribution in [2.24, 2.45) is 0 Å². The van der Waals surface area contributed by atoms with Crippen molar-refractivity contribution in [2.45, 2.75) is 38.3 Å². The molecule has 1 unspecified atom stereocenters. The van der Waals surface area contributed by atoms with Crippen molar-refractivity contribution in [3.8, 4) is 0 Å². The average Bonchev–Trinajstić information content (AvgIpc) is 2.86. The number of β-amino-alcohol motifs (C(OH)–C–C–N with tert-alkyl or cyclic N) is 1. The van der Waals surface area contributed by atoms with E-state index in [0.717, 1.165) is 13.0 Å². The molecule has 1 aliphatic heterocycles. The lowest BCUT2D eigenvalue weighted by Gasteiger charge is -2.38. The van der Waals surface area contributed by atoms with Crippen LogP contribution >= 0.6 is 0 Å². The Hall–Kier alpha value is -1.86. The highest BCUT2D eigenvalue weighted by atomic mass is 19.1. The van der Waals surface area contributed by atoms with E-state index in [1.54, 1.807) is 19.2 Å². The number of rotatable bonds is 4. The van der Waals surface area contributed by atoms with Crippen molar-refractivity contribution in [3.63, 3.8) is 0 Å². The topological polar surface area (TPSA) is 75.3 Å². The van der Waals surface area contributed by atoms with Crippen molar-refractivity contribution < 1.29 is 14.0 Å². The monoisotopic (exact) mass is 306 g/mol. The normalized spacial score (nSPS) is 22.9. The van der Waals surface area contributed by atoms with Crippen LogP contribution in [0.5, 0.6) is 0 Å². The highest BCUT2D eigenvalue weighted by Gasteiger charge is 2.35. The van der Waals surface area contributed by atoms with Crippen LogP contribution in [-0.4, -0.2) is 43.8 Å². The Kier molecular flexibility index (Phi) is 4.17. The molecule has 0 amide bonds. The molecule has 0 bridgehead atoms. The van der Waals surface area contributed by atoms with E-state index in [0.29, 0.717) is 43.2 Å². The maximum absolute atomic E-state index is 13.7. The second-order valence-electron chi connectivity index (χ2n) is 5.92. The molecule has 0 radical (unpaired) electrons. The SMILES string of the molecule is Cc1noc(CC2(O)CCCN(Cc3ccncc3F)C2)n1. The molecule has 1 N–H and O–H groups in total. The summed E-state index contributed by atoms with van der Waals surface area (Å²) in [6.07, 6.45) is 4.63. The smallest absolute Gasteiger partial charge is 0.229 e. The van der Waals surface area contributed by atoms with Crippen LogP contribution in [0.25, 0.3) is 0 Å². The molecular formula is C15H19FN4O2. The summed E-state index contributed by atoms with van der Waals surface area (Å²) in [5.74, 6) is 0.686. The first kappa shape index (κ1) is 15.1. The van der Waals surface area contributed by atoms with Gasteiger partial charge in [-0.3, -0.25) is 9.88 Å². The zero-order valence-electron chi connectivity index (χ0n) is 12.5. The highest BCUT2D eigenvalue weighted by Crippen LogP contribution is 2.26. The molecule has 1 atom stereocenters.